The van der Waals surface area contributed by atoms with Gasteiger partial charge in [-0.2, -0.15) is 5.10 Å². The van der Waals surface area contributed by atoms with Crippen LogP contribution in [0.4, 0.5) is 0 Å². The molecule has 0 aliphatic carbocycles. The Hall–Kier alpha value is -0.870. The second kappa shape index (κ2) is 4.18. The van der Waals surface area contributed by atoms with Gasteiger partial charge in [-0.1, -0.05) is 0 Å². The van der Waals surface area contributed by atoms with Crippen molar-refractivity contribution in [3.63, 3.8) is 0 Å². The fourth-order valence-electron chi connectivity index (χ4n) is 2.97. The van der Waals surface area contributed by atoms with Gasteiger partial charge >= 0.3 is 0 Å². The zero-order valence-corrected chi connectivity index (χ0v) is 9.87. The van der Waals surface area contributed by atoms with Crippen molar-refractivity contribution in [1.82, 2.24) is 20.4 Å². The van der Waals surface area contributed by atoms with Gasteiger partial charge < -0.3 is 10.6 Å². The van der Waals surface area contributed by atoms with Crippen LogP contribution in [0.15, 0.2) is 6.20 Å². The molecule has 2 aliphatic rings. The molecule has 2 aliphatic heterocycles. The Labute approximate surface area is 96.4 Å². The summed E-state index contributed by atoms with van der Waals surface area (Å²) in [6.45, 7) is 6.70. The molecule has 2 atom stereocenters. The van der Waals surface area contributed by atoms with E-state index in [1.165, 1.54) is 24.1 Å². The topological polar surface area (TPSA) is 41.9 Å². The first kappa shape index (κ1) is 10.3. The molecule has 2 fully saturated rings. The predicted molar refractivity (Wildman–Crippen MR) is 63.7 cm³/mol. The Morgan fingerprint density at radius 3 is 2.75 bits per heavy atom. The Bertz CT molecular complexity index is 326. The average molecular weight is 220 g/mol. The molecule has 3 heterocycles. The Balaban J connectivity index is 1.84. The van der Waals surface area contributed by atoms with Crippen LogP contribution in [0.1, 0.15) is 36.1 Å². The SMILES string of the molecule is Cc1c(C2CCNC2)cnn1C1CCNC1. The third kappa shape index (κ3) is 1.66. The molecule has 0 spiro atoms. The smallest absolute Gasteiger partial charge is 0.0658 e. The van der Waals surface area contributed by atoms with Gasteiger partial charge in [-0.05, 0) is 38.4 Å². The first-order chi connectivity index (χ1) is 7.86. The van der Waals surface area contributed by atoms with Gasteiger partial charge in [0.15, 0.2) is 0 Å². The molecule has 3 rings (SSSR count). The number of nitrogens with one attached hydrogen (secondary N) is 2. The van der Waals surface area contributed by atoms with Crippen LogP contribution < -0.4 is 10.6 Å². The summed E-state index contributed by atoms with van der Waals surface area (Å²) in [6.07, 6.45) is 4.56. The number of hydrogen-bond donors (Lipinski definition) is 2. The Morgan fingerprint density at radius 1 is 1.25 bits per heavy atom. The number of hydrogen-bond acceptors (Lipinski definition) is 3. The summed E-state index contributed by atoms with van der Waals surface area (Å²) in [4.78, 5) is 0. The summed E-state index contributed by atoms with van der Waals surface area (Å²) in [5, 5.41) is 11.4. The molecule has 4 heteroatoms. The molecular weight excluding hydrogens is 200 g/mol. The first-order valence-electron chi connectivity index (χ1n) is 6.31. The average Bonchev–Trinajstić information content (AvgIpc) is 2.96. The van der Waals surface area contributed by atoms with Crippen LogP contribution in [0.2, 0.25) is 0 Å². The van der Waals surface area contributed by atoms with E-state index < -0.39 is 0 Å². The highest BCUT2D eigenvalue weighted by Gasteiger charge is 2.24. The minimum atomic E-state index is 0.572. The van der Waals surface area contributed by atoms with Crippen molar-refractivity contribution in [1.29, 1.82) is 0 Å². The van der Waals surface area contributed by atoms with E-state index in [1.807, 2.05) is 0 Å². The summed E-state index contributed by atoms with van der Waals surface area (Å²) in [5.74, 6) is 0.683. The van der Waals surface area contributed by atoms with Gasteiger partial charge in [0.2, 0.25) is 0 Å². The molecule has 2 unspecified atom stereocenters. The van der Waals surface area contributed by atoms with E-state index in [9.17, 15) is 0 Å². The molecule has 1 aromatic heterocycles. The van der Waals surface area contributed by atoms with Crippen molar-refractivity contribution in [2.45, 2.75) is 31.7 Å². The van der Waals surface area contributed by atoms with Crippen molar-refractivity contribution in [2.24, 2.45) is 0 Å². The third-order valence-corrected chi connectivity index (χ3v) is 3.96. The predicted octanol–water partition coefficient (Wildman–Crippen LogP) is 0.803. The maximum absolute atomic E-state index is 4.59. The van der Waals surface area contributed by atoms with Crippen molar-refractivity contribution in [2.75, 3.05) is 26.2 Å². The summed E-state index contributed by atoms with van der Waals surface area (Å²) < 4.78 is 2.23. The number of aromatic nitrogens is 2. The molecule has 0 aromatic carbocycles. The summed E-state index contributed by atoms with van der Waals surface area (Å²) >= 11 is 0. The van der Waals surface area contributed by atoms with E-state index in [1.54, 1.807) is 0 Å². The van der Waals surface area contributed by atoms with E-state index in [4.69, 9.17) is 0 Å². The summed E-state index contributed by atoms with van der Waals surface area (Å²) in [7, 11) is 0. The third-order valence-electron chi connectivity index (χ3n) is 3.96. The molecule has 4 nitrogen and oxygen atoms in total. The van der Waals surface area contributed by atoms with Gasteiger partial charge in [0.25, 0.3) is 0 Å². The van der Waals surface area contributed by atoms with Crippen LogP contribution in [0.5, 0.6) is 0 Å². The van der Waals surface area contributed by atoms with E-state index >= 15 is 0 Å². The number of rotatable bonds is 2. The minimum Gasteiger partial charge on any atom is -0.316 e. The van der Waals surface area contributed by atoms with Crippen LogP contribution >= 0.6 is 0 Å². The molecular formula is C12H20N4. The lowest BCUT2D eigenvalue weighted by molar-refractivity contribution is 0.478. The van der Waals surface area contributed by atoms with Gasteiger partial charge in [0.1, 0.15) is 0 Å². The first-order valence-corrected chi connectivity index (χ1v) is 6.31. The second-order valence-electron chi connectivity index (χ2n) is 4.97. The maximum Gasteiger partial charge on any atom is 0.0658 e. The van der Waals surface area contributed by atoms with Crippen LogP contribution in [-0.4, -0.2) is 36.0 Å². The molecule has 16 heavy (non-hydrogen) atoms. The molecule has 88 valence electrons. The minimum absolute atomic E-state index is 0.572. The van der Waals surface area contributed by atoms with Gasteiger partial charge in [0.05, 0.1) is 12.2 Å². The lowest BCUT2D eigenvalue weighted by Gasteiger charge is -2.13. The van der Waals surface area contributed by atoms with Crippen LogP contribution in [-0.2, 0) is 0 Å². The van der Waals surface area contributed by atoms with E-state index in [-0.39, 0.29) is 0 Å². The summed E-state index contributed by atoms with van der Waals surface area (Å²) in [6, 6.07) is 0.572. The zero-order chi connectivity index (χ0) is 11.0. The van der Waals surface area contributed by atoms with Crippen molar-refractivity contribution >= 4 is 0 Å². The van der Waals surface area contributed by atoms with Gasteiger partial charge in [-0.3, -0.25) is 4.68 Å². The molecule has 0 saturated carbocycles. The maximum atomic E-state index is 4.59. The summed E-state index contributed by atoms with van der Waals surface area (Å²) in [5.41, 5.74) is 2.83. The van der Waals surface area contributed by atoms with Crippen molar-refractivity contribution in [3.8, 4) is 0 Å². The molecule has 0 radical (unpaired) electrons. The lowest BCUT2D eigenvalue weighted by atomic mass is 9.99. The standard InChI is InChI=1S/C12H20N4/c1-9-12(10-2-4-13-6-10)8-15-16(9)11-3-5-14-7-11/h8,10-11,13-14H,2-7H2,1H3. The molecule has 2 N–H and O–H groups in total. The van der Waals surface area contributed by atoms with Crippen molar-refractivity contribution in [3.05, 3.63) is 17.5 Å². The highest BCUT2D eigenvalue weighted by atomic mass is 15.3. The molecule has 1 aromatic rings. The fourth-order valence-corrected chi connectivity index (χ4v) is 2.97. The van der Waals surface area contributed by atoms with E-state index in [0.717, 1.165) is 26.2 Å². The van der Waals surface area contributed by atoms with E-state index in [0.29, 0.717) is 12.0 Å². The Kier molecular flexibility index (Phi) is 2.69. The number of nitrogens with zero attached hydrogens (tertiary/aromatic N) is 2. The highest BCUT2D eigenvalue weighted by Crippen LogP contribution is 2.27. The van der Waals surface area contributed by atoms with Gasteiger partial charge in [-0.25, -0.2) is 0 Å². The normalized spacial score (nSPS) is 30.1. The second-order valence-corrected chi connectivity index (χ2v) is 4.97. The fraction of sp³-hybridized carbons (Fsp3) is 0.750. The molecule has 2 saturated heterocycles. The largest absolute Gasteiger partial charge is 0.316 e. The van der Waals surface area contributed by atoms with Crippen LogP contribution in [0.3, 0.4) is 0 Å². The monoisotopic (exact) mass is 220 g/mol. The van der Waals surface area contributed by atoms with Gasteiger partial charge in [0, 0.05) is 24.7 Å². The molecule has 0 amide bonds. The van der Waals surface area contributed by atoms with Gasteiger partial charge in [-0.15, -0.1) is 0 Å². The highest BCUT2D eigenvalue weighted by molar-refractivity contribution is 5.23. The lowest BCUT2D eigenvalue weighted by Crippen LogP contribution is -2.16. The zero-order valence-electron chi connectivity index (χ0n) is 9.87. The van der Waals surface area contributed by atoms with Crippen molar-refractivity contribution < 1.29 is 0 Å². The van der Waals surface area contributed by atoms with E-state index in [2.05, 4.69) is 33.5 Å². The Morgan fingerprint density at radius 2 is 2.06 bits per heavy atom. The van der Waals surface area contributed by atoms with Crippen LogP contribution in [0, 0.1) is 6.92 Å². The van der Waals surface area contributed by atoms with Crippen LogP contribution in [0.25, 0.3) is 0 Å². The quantitative estimate of drug-likeness (QED) is 0.775. The molecule has 0 bridgehead atoms.